The van der Waals surface area contributed by atoms with E-state index in [9.17, 15) is 5.11 Å². The Kier molecular flexibility index (Phi) is 4.18. The summed E-state index contributed by atoms with van der Waals surface area (Å²) in [5, 5.41) is 14.5. The molecule has 0 saturated carbocycles. The van der Waals surface area contributed by atoms with E-state index in [4.69, 9.17) is 4.74 Å². The molecule has 1 aromatic rings. The molecule has 0 spiro atoms. The zero-order valence-electron chi connectivity index (χ0n) is 10.7. The van der Waals surface area contributed by atoms with Gasteiger partial charge in [-0.2, -0.15) is 5.10 Å². The van der Waals surface area contributed by atoms with Crippen LogP contribution in [0.25, 0.3) is 0 Å². The Labute approximate surface area is 103 Å². The third-order valence-electron chi connectivity index (χ3n) is 3.46. The van der Waals surface area contributed by atoms with Gasteiger partial charge in [0.05, 0.1) is 23.6 Å². The first-order valence-corrected chi connectivity index (χ1v) is 6.53. The predicted molar refractivity (Wildman–Crippen MR) is 65.8 cm³/mol. The third kappa shape index (κ3) is 3.07. The largest absolute Gasteiger partial charge is 0.387 e. The number of aliphatic hydroxyl groups excluding tert-OH is 1. The third-order valence-corrected chi connectivity index (χ3v) is 3.46. The van der Waals surface area contributed by atoms with E-state index >= 15 is 0 Å². The molecule has 1 saturated heterocycles. The number of nitrogens with zero attached hydrogens (tertiary/aromatic N) is 2. The van der Waals surface area contributed by atoms with Crippen molar-refractivity contribution >= 4 is 0 Å². The van der Waals surface area contributed by atoms with E-state index in [1.165, 1.54) is 0 Å². The van der Waals surface area contributed by atoms with Gasteiger partial charge in [-0.1, -0.05) is 6.92 Å². The van der Waals surface area contributed by atoms with Gasteiger partial charge in [0.1, 0.15) is 0 Å². The first kappa shape index (κ1) is 12.6. The molecule has 1 N–H and O–H groups in total. The van der Waals surface area contributed by atoms with E-state index in [-0.39, 0.29) is 0 Å². The zero-order chi connectivity index (χ0) is 12.3. The normalized spacial score (nSPS) is 21.9. The van der Waals surface area contributed by atoms with Crippen molar-refractivity contribution in [2.45, 2.75) is 51.2 Å². The lowest BCUT2D eigenvalue weighted by Crippen LogP contribution is -2.10. The monoisotopic (exact) mass is 238 g/mol. The number of aryl methyl sites for hydroxylation is 2. The Morgan fingerprint density at radius 1 is 1.65 bits per heavy atom. The minimum Gasteiger partial charge on any atom is -0.387 e. The molecule has 0 aromatic carbocycles. The molecule has 4 nitrogen and oxygen atoms in total. The highest BCUT2D eigenvalue weighted by Gasteiger charge is 2.19. The fraction of sp³-hybridized carbons (Fsp3) is 0.769. The van der Waals surface area contributed by atoms with Crippen LogP contribution in [-0.4, -0.2) is 27.6 Å². The second-order valence-corrected chi connectivity index (χ2v) is 4.77. The molecule has 96 valence electrons. The molecule has 2 unspecified atom stereocenters. The molecule has 2 atom stereocenters. The second kappa shape index (κ2) is 5.65. The topological polar surface area (TPSA) is 47.3 Å². The maximum atomic E-state index is 10.2. The van der Waals surface area contributed by atoms with Gasteiger partial charge in [0.2, 0.25) is 0 Å². The first-order chi connectivity index (χ1) is 8.20. The van der Waals surface area contributed by atoms with Crippen LogP contribution in [0, 0.1) is 0 Å². The van der Waals surface area contributed by atoms with Crippen molar-refractivity contribution in [3.05, 3.63) is 17.5 Å². The van der Waals surface area contributed by atoms with E-state index in [0.717, 1.165) is 50.1 Å². The van der Waals surface area contributed by atoms with Crippen LogP contribution in [-0.2, 0) is 18.2 Å². The van der Waals surface area contributed by atoms with Crippen LogP contribution in [0.15, 0.2) is 6.07 Å². The lowest BCUT2D eigenvalue weighted by molar-refractivity contribution is 0.0791. The molecule has 2 heterocycles. The van der Waals surface area contributed by atoms with Crippen molar-refractivity contribution in [2.75, 3.05) is 6.61 Å². The van der Waals surface area contributed by atoms with Crippen LogP contribution in [0.1, 0.15) is 50.1 Å². The van der Waals surface area contributed by atoms with Crippen molar-refractivity contribution in [2.24, 2.45) is 7.05 Å². The van der Waals surface area contributed by atoms with Gasteiger partial charge in [0.15, 0.2) is 0 Å². The summed E-state index contributed by atoms with van der Waals surface area (Å²) in [4.78, 5) is 0. The predicted octanol–water partition coefficient (Wildman–Crippen LogP) is 1.98. The minimum atomic E-state index is -0.419. The highest BCUT2D eigenvalue weighted by atomic mass is 16.5. The van der Waals surface area contributed by atoms with Crippen LogP contribution in [0.3, 0.4) is 0 Å². The molecule has 1 aliphatic heterocycles. The van der Waals surface area contributed by atoms with Gasteiger partial charge in [-0.25, -0.2) is 0 Å². The number of hydrogen-bond donors (Lipinski definition) is 1. The summed E-state index contributed by atoms with van der Waals surface area (Å²) in [5.41, 5.74) is 1.96. The van der Waals surface area contributed by atoms with Gasteiger partial charge >= 0.3 is 0 Å². The van der Waals surface area contributed by atoms with Crippen molar-refractivity contribution in [3.8, 4) is 0 Å². The Morgan fingerprint density at radius 2 is 2.47 bits per heavy atom. The first-order valence-electron chi connectivity index (χ1n) is 6.53. The molecular formula is C13H22N2O2. The summed E-state index contributed by atoms with van der Waals surface area (Å²) in [7, 11) is 1.89. The minimum absolute atomic E-state index is 0.350. The highest BCUT2D eigenvalue weighted by Crippen LogP contribution is 2.24. The Balaban J connectivity index is 1.89. The Hall–Kier alpha value is -0.870. The number of hydrogen-bond acceptors (Lipinski definition) is 3. The van der Waals surface area contributed by atoms with Gasteiger partial charge in [-0.15, -0.1) is 0 Å². The van der Waals surface area contributed by atoms with Crippen LogP contribution in [0.2, 0.25) is 0 Å². The standard InChI is InChI=1S/C13H22N2O2/c1-3-10-9-12(15(2)14-10)13(16)7-6-11-5-4-8-17-11/h9,11,13,16H,3-8H2,1-2H3. The molecule has 1 aliphatic rings. The maximum absolute atomic E-state index is 10.2. The lowest BCUT2D eigenvalue weighted by atomic mass is 10.1. The summed E-state index contributed by atoms with van der Waals surface area (Å²) in [5.74, 6) is 0. The van der Waals surface area contributed by atoms with Gasteiger partial charge in [-0.3, -0.25) is 4.68 Å². The molecule has 0 radical (unpaired) electrons. The Bertz CT molecular complexity index is 356. The molecule has 2 rings (SSSR count). The zero-order valence-corrected chi connectivity index (χ0v) is 10.7. The number of aliphatic hydroxyl groups is 1. The summed E-state index contributed by atoms with van der Waals surface area (Å²) < 4.78 is 7.35. The van der Waals surface area contributed by atoms with E-state index in [2.05, 4.69) is 12.0 Å². The molecule has 0 bridgehead atoms. The Morgan fingerprint density at radius 3 is 3.06 bits per heavy atom. The van der Waals surface area contributed by atoms with Crippen molar-refractivity contribution in [1.29, 1.82) is 0 Å². The SMILES string of the molecule is CCc1cc(C(O)CCC2CCCO2)n(C)n1. The average Bonchev–Trinajstić information content (AvgIpc) is 2.94. The molecule has 4 heteroatoms. The summed E-state index contributed by atoms with van der Waals surface area (Å²) in [6.45, 7) is 2.96. The van der Waals surface area contributed by atoms with Crippen LogP contribution in [0.5, 0.6) is 0 Å². The van der Waals surface area contributed by atoms with Crippen molar-refractivity contribution in [1.82, 2.24) is 9.78 Å². The fourth-order valence-corrected chi connectivity index (χ4v) is 2.39. The smallest absolute Gasteiger partial charge is 0.0957 e. The lowest BCUT2D eigenvalue weighted by Gasteiger charge is -2.13. The molecule has 1 fully saturated rings. The molecular weight excluding hydrogens is 216 g/mol. The van der Waals surface area contributed by atoms with E-state index in [0.29, 0.717) is 6.10 Å². The van der Waals surface area contributed by atoms with E-state index < -0.39 is 6.10 Å². The number of ether oxygens (including phenoxy) is 1. The number of rotatable bonds is 5. The summed E-state index contributed by atoms with van der Waals surface area (Å²) in [6.07, 6.45) is 4.83. The van der Waals surface area contributed by atoms with E-state index in [1.807, 2.05) is 13.1 Å². The molecule has 0 amide bonds. The summed E-state index contributed by atoms with van der Waals surface area (Å²) in [6, 6.07) is 2.00. The van der Waals surface area contributed by atoms with Crippen LogP contribution < -0.4 is 0 Å². The van der Waals surface area contributed by atoms with E-state index in [1.54, 1.807) is 4.68 Å². The van der Waals surface area contributed by atoms with Crippen molar-refractivity contribution < 1.29 is 9.84 Å². The second-order valence-electron chi connectivity index (χ2n) is 4.77. The highest BCUT2D eigenvalue weighted by molar-refractivity contribution is 5.12. The molecule has 1 aromatic heterocycles. The molecule has 17 heavy (non-hydrogen) atoms. The van der Waals surface area contributed by atoms with Crippen molar-refractivity contribution in [3.63, 3.8) is 0 Å². The number of aromatic nitrogens is 2. The van der Waals surface area contributed by atoms with Gasteiger partial charge in [0.25, 0.3) is 0 Å². The van der Waals surface area contributed by atoms with Gasteiger partial charge < -0.3 is 9.84 Å². The molecule has 0 aliphatic carbocycles. The summed E-state index contributed by atoms with van der Waals surface area (Å²) >= 11 is 0. The van der Waals surface area contributed by atoms with Gasteiger partial charge in [0, 0.05) is 13.7 Å². The van der Waals surface area contributed by atoms with Crippen LogP contribution >= 0.6 is 0 Å². The van der Waals surface area contributed by atoms with Crippen LogP contribution in [0.4, 0.5) is 0 Å². The quantitative estimate of drug-likeness (QED) is 0.853. The van der Waals surface area contributed by atoms with Gasteiger partial charge in [-0.05, 0) is 38.2 Å². The maximum Gasteiger partial charge on any atom is 0.0957 e. The fourth-order valence-electron chi connectivity index (χ4n) is 2.39. The average molecular weight is 238 g/mol.